The number of carbonyl (C=O) groups is 2. The molecular weight excluding hydrogens is 296 g/mol. The SMILES string of the molecule is CCC(CC)NC(=O)COC(=O)c1ccc2c(c1)nnn2CC. The summed E-state index contributed by atoms with van der Waals surface area (Å²) in [5.41, 5.74) is 1.84. The van der Waals surface area contributed by atoms with Gasteiger partial charge in [0, 0.05) is 12.6 Å². The van der Waals surface area contributed by atoms with E-state index in [1.807, 2.05) is 20.8 Å². The van der Waals surface area contributed by atoms with E-state index >= 15 is 0 Å². The van der Waals surface area contributed by atoms with Crippen LogP contribution >= 0.6 is 0 Å². The average Bonchev–Trinajstić information content (AvgIpc) is 2.99. The molecule has 0 aliphatic rings. The molecule has 23 heavy (non-hydrogen) atoms. The predicted molar refractivity (Wildman–Crippen MR) is 86.0 cm³/mol. The van der Waals surface area contributed by atoms with Crippen LogP contribution in [0.1, 0.15) is 44.0 Å². The molecule has 0 unspecified atom stereocenters. The van der Waals surface area contributed by atoms with E-state index in [4.69, 9.17) is 4.74 Å². The van der Waals surface area contributed by atoms with Gasteiger partial charge < -0.3 is 10.1 Å². The Kier molecular flexibility index (Phi) is 5.67. The van der Waals surface area contributed by atoms with Crippen LogP contribution in [-0.4, -0.2) is 39.5 Å². The van der Waals surface area contributed by atoms with Crippen LogP contribution < -0.4 is 5.32 Å². The third-order valence-electron chi connectivity index (χ3n) is 3.73. The smallest absolute Gasteiger partial charge is 0.338 e. The van der Waals surface area contributed by atoms with E-state index in [-0.39, 0.29) is 18.6 Å². The molecule has 1 heterocycles. The highest BCUT2D eigenvalue weighted by molar-refractivity contribution is 5.94. The van der Waals surface area contributed by atoms with Crippen molar-refractivity contribution in [2.75, 3.05) is 6.61 Å². The van der Waals surface area contributed by atoms with Crippen LogP contribution in [0.3, 0.4) is 0 Å². The van der Waals surface area contributed by atoms with Gasteiger partial charge in [0.25, 0.3) is 5.91 Å². The van der Waals surface area contributed by atoms with Crippen molar-refractivity contribution in [3.8, 4) is 0 Å². The van der Waals surface area contributed by atoms with E-state index in [1.54, 1.807) is 22.9 Å². The minimum Gasteiger partial charge on any atom is -0.452 e. The van der Waals surface area contributed by atoms with Gasteiger partial charge in [0.2, 0.25) is 0 Å². The van der Waals surface area contributed by atoms with E-state index in [0.29, 0.717) is 17.6 Å². The first-order chi connectivity index (χ1) is 11.1. The summed E-state index contributed by atoms with van der Waals surface area (Å²) in [6.45, 7) is 6.39. The molecule has 0 aliphatic carbocycles. The van der Waals surface area contributed by atoms with Gasteiger partial charge in [0.15, 0.2) is 6.61 Å². The maximum absolute atomic E-state index is 12.0. The highest BCUT2D eigenvalue weighted by Gasteiger charge is 2.14. The number of amides is 1. The fraction of sp³-hybridized carbons (Fsp3) is 0.500. The number of ether oxygens (including phenoxy) is 1. The molecule has 1 amide bonds. The molecule has 0 atom stereocenters. The Morgan fingerprint density at radius 3 is 2.65 bits per heavy atom. The standard InChI is InChI=1S/C16H22N4O3/c1-4-12(5-2)17-15(21)10-23-16(22)11-7-8-14-13(9-11)18-19-20(14)6-3/h7-9,12H,4-6,10H2,1-3H3,(H,17,21). The molecule has 0 saturated carbocycles. The maximum Gasteiger partial charge on any atom is 0.338 e. The van der Waals surface area contributed by atoms with Crippen molar-refractivity contribution in [2.24, 2.45) is 0 Å². The van der Waals surface area contributed by atoms with Crippen LogP contribution in [-0.2, 0) is 16.1 Å². The van der Waals surface area contributed by atoms with E-state index in [0.717, 1.165) is 18.4 Å². The molecule has 2 rings (SSSR count). The molecule has 0 aliphatic heterocycles. The Bertz CT molecular complexity index is 692. The molecule has 1 N–H and O–H groups in total. The first-order valence-electron chi connectivity index (χ1n) is 7.88. The quantitative estimate of drug-likeness (QED) is 0.788. The number of fused-ring (bicyclic) bond motifs is 1. The van der Waals surface area contributed by atoms with Crippen LogP contribution in [0.2, 0.25) is 0 Å². The average molecular weight is 318 g/mol. The number of esters is 1. The zero-order valence-electron chi connectivity index (χ0n) is 13.7. The highest BCUT2D eigenvalue weighted by atomic mass is 16.5. The molecule has 0 fully saturated rings. The van der Waals surface area contributed by atoms with Crippen LogP contribution in [0, 0.1) is 0 Å². The lowest BCUT2D eigenvalue weighted by atomic mass is 10.2. The van der Waals surface area contributed by atoms with Crippen LogP contribution in [0.4, 0.5) is 0 Å². The van der Waals surface area contributed by atoms with Gasteiger partial charge in [-0.3, -0.25) is 4.79 Å². The lowest BCUT2D eigenvalue weighted by Crippen LogP contribution is -2.36. The van der Waals surface area contributed by atoms with Crippen molar-refractivity contribution in [3.63, 3.8) is 0 Å². The van der Waals surface area contributed by atoms with Gasteiger partial charge in [-0.1, -0.05) is 19.1 Å². The van der Waals surface area contributed by atoms with Crippen molar-refractivity contribution in [1.29, 1.82) is 0 Å². The fourth-order valence-corrected chi connectivity index (χ4v) is 2.31. The number of aryl methyl sites for hydroxylation is 1. The van der Waals surface area contributed by atoms with Gasteiger partial charge in [-0.15, -0.1) is 5.10 Å². The number of rotatable bonds is 7. The normalized spacial score (nSPS) is 11.0. The largest absolute Gasteiger partial charge is 0.452 e. The Hall–Kier alpha value is -2.44. The number of nitrogens with zero attached hydrogens (tertiary/aromatic N) is 3. The molecule has 7 nitrogen and oxygen atoms in total. The van der Waals surface area contributed by atoms with E-state index < -0.39 is 5.97 Å². The Morgan fingerprint density at radius 1 is 1.26 bits per heavy atom. The van der Waals surface area contributed by atoms with Crippen molar-refractivity contribution < 1.29 is 14.3 Å². The Balaban J connectivity index is 1.97. The molecule has 124 valence electrons. The van der Waals surface area contributed by atoms with Gasteiger partial charge in [0.1, 0.15) is 5.52 Å². The number of benzene rings is 1. The number of hydrogen-bond donors (Lipinski definition) is 1. The van der Waals surface area contributed by atoms with Crippen molar-refractivity contribution >= 4 is 22.9 Å². The maximum atomic E-state index is 12.0. The topological polar surface area (TPSA) is 86.1 Å². The second-order valence-corrected chi connectivity index (χ2v) is 5.27. The summed E-state index contributed by atoms with van der Waals surface area (Å²) >= 11 is 0. The highest BCUT2D eigenvalue weighted by Crippen LogP contribution is 2.14. The monoisotopic (exact) mass is 318 g/mol. The molecule has 1 aromatic heterocycles. The van der Waals surface area contributed by atoms with Crippen molar-refractivity contribution in [2.45, 2.75) is 46.2 Å². The molecular formula is C16H22N4O3. The molecule has 1 aromatic carbocycles. The summed E-state index contributed by atoms with van der Waals surface area (Å²) in [6.07, 6.45) is 1.69. The Morgan fingerprint density at radius 2 is 2.00 bits per heavy atom. The van der Waals surface area contributed by atoms with Gasteiger partial charge in [-0.2, -0.15) is 0 Å². The molecule has 7 heteroatoms. The van der Waals surface area contributed by atoms with Crippen molar-refractivity contribution in [3.05, 3.63) is 23.8 Å². The van der Waals surface area contributed by atoms with Crippen LogP contribution in [0.15, 0.2) is 18.2 Å². The van der Waals surface area contributed by atoms with Gasteiger partial charge >= 0.3 is 5.97 Å². The summed E-state index contributed by atoms with van der Waals surface area (Å²) in [7, 11) is 0. The third-order valence-corrected chi connectivity index (χ3v) is 3.73. The molecule has 0 spiro atoms. The second kappa shape index (κ2) is 7.71. The molecule has 0 bridgehead atoms. The third kappa shape index (κ3) is 4.06. The minimum atomic E-state index is -0.544. The lowest BCUT2D eigenvalue weighted by Gasteiger charge is -2.14. The zero-order chi connectivity index (χ0) is 16.8. The number of aromatic nitrogens is 3. The molecule has 0 radical (unpaired) electrons. The summed E-state index contributed by atoms with van der Waals surface area (Å²) in [5, 5.41) is 10.8. The summed E-state index contributed by atoms with van der Waals surface area (Å²) in [5.74, 6) is -0.831. The fourth-order valence-electron chi connectivity index (χ4n) is 2.31. The van der Waals surface area contributed by atoms with Crippen molar-refractivity contribution in [1.82, 2.24) is 20.3 Å². The Labute approximate surface area is 135 Å². The van der Waals surface area contributed by atoms with E-state index in [1.165, 1.54) is 0 Å². The van der Waals surface area contributed by atoms with Crippen LogP contribution in [0.25, 0.3) is 11.0 Å². The van der Waals surface area contributed by atoms with E-state index in [2.05, 4.69) is 15.6 Å². The lowest BCUT2D eigenvalue weighted by molar-refractivity contribution is -0.125. The van der Waals surface area contributed by atoms with Gasteiger partial charge in [-0.05, 0) is 38.0 Å². The summed E-state index contributed by atoms with van der Waals surface area (Å²) in [6, 6.07) is 5.16. The number of carbonyl (C=O) groups excluding carboxylic acids is 2. The predicted octanol–water partition coefficient (Wildman–Crippen LogP) is 1.91. The first kappa shape index (κ1) is 16.9. The zero-order valence-corrected chi connectivity index (χ0v) is 13.7. The summed E-state index contributed by atoms with van der Waals surface area (Å²) in [4.78, 5) is 23.8. The minimum absolute atomic E-state index is 0.113. The molecule has 2 aromatic rings. The number of hydrogen-bond acceptors (Lipinski definition) is 5. The van der Waals surface area contributed by atoms with E-state index in [9.17, 15) is 9.59 Å². The summed E-state index contributed by atoms with van der Waals surface area (Å²) < 4.78 is 6.80. The van der Waals surface area contributed by atoms with Crippen LogP contribution in [0.5, 0.6) is 0 Å². The van der Waals surface area contributed by atoms with Gasteiger partial charge in [-0.25, -0.2) is 9.48 Å². The van der Waals surface area contributed by atoms with Gasteiger partial charge in [0.05, 0.1) is 11.1 Å². The second-order valence-electron chi connectivity index (χ2n) is 5.27. The first-order valence-corrected chi connectivity index (χ1v) is 7.88. The number of nitrogens with one attached hydrogen (secondary N) is 1. The molecule has 0 saturated heterocycles.